The van der Waals surface area contributed by atoms with E-state index in [9.17, 15) is 9.59 Å². The van der Waals surface area contributed by atoms with Gasteiger partial charge in [0, 0.05) is 4.88 Å². The molecule has 0 unspecified atom stereocenters. The molecule has 0 aliphatic heterocycles. The lowest BCUT2D eigenvalue weighted by Crippen LogP contribution is -2.21. The predicted molar refractivity (Wildman–Crippen MR) is 82.9 cm³/mol. The lowest BCUT2D eigenvalue weighted by molar-refractivity contribution is -0.118. The summed E-state index contributed by atoms with van der Waals surface area (Å²) in [4.78, 5) is 24.0. The third kappa shape index (κ3) is 4.06. The molecule has 2 aromatic rings. The predicted octanol–water partition coefficient (Wildman–Crippen LogP) is 2.48. The van der Waals surface area contributed by atoms with Crippen molar-refractivity contribution in [2.75, 3.05) is 11.9 Å². The topological polar surface area (TPSA) is 81.4 Å². The fourth-order valence-electron chi connectivity index (χ4n) is 1.74. The summed E-state index contributed by atoms with van der Waals surface area (Å²) in [6, 6.07) is 9.06. The molecule has 2 amide bonds. The first-order chi connectivity index (χ1) is 9.95. The molecular weight excluding hydrogens is 288 g/mol. The van der Waals surface area contributed by atoms with Crippen LogP contribution < -0.4 is 15.8 Å². The van der Waals surface area contributed by atoms with Crippen LogP contribution in [0, 0.1) is 13.8 Å². The van der Waals surface area contributed by atoms with E-state index in [4.69, 9.17) is 10.5 Å². The minimum absolute atomic E-state index is 0.127. The Hall–Kier alpha value is -2.34. The quantitative estimate of drug-likeness (QED) is 0.890. The third-order valence-corrected chi connectivity index (χ3v) is 3.73. The minimum atomic E-state index is -0.561. The number of ether oxygens (including phenoxy) is 1. The van der Waals surface area contributed by atoms with Gasteiger partial charge in [-0.25, -0.2) is 0 Å². The normalized spacial score (nSPS) is 10.2. The van der Waals surface area contributed by atoms with Gasteiger partial charge >= 0.3 is 0 Å². The fourth-order valence-corrected chi connectivity index (χ4v) is 2.67. The number of aryl methyl sites for hydroxylation is 2. The monoisotopic (exact) mass is 304 g/mol. The van der Waals surface area contributed by atoms with Crippen molar-refractivity contribution >= 4 is 28.2 Å². The molecule has 0 saturated carbocycles. The van der Waals surface area contributed by atoms with Crippen LogP contribution in [0.15, 0.2) is 30.3 Å². The minimum Gasteiger partial charge on any atom is -0.484 e. The van der Waals surface area contributed by atoms with E-state index in [1.165, 1.54) is 11.3 Å². The van der Waals surface area contributed by atoms with E-state index >= 15 is 0 Å². The van der Waals surface area contributed by atoms with E-state index in [0.717, 1.165) is 10.4 Å². The molecule has 2 rings (SSSR count). The van der Waals surface area contributed by atoms with Gasteiger partial charge in [0.2, 0.25) is 0 Å². The maximum Gasteiger partial charge on any atom is 0.262 e. The van der Waals surface area contributed by atoms with Gasteiger partial charge in [-0.15, -0.1) is 11.3 Å². The lowest BCUT2D eigenvalue weighted by atomic mass is 10.2. The fraction of sp³-hybridized carbons (Fsp3) is 0.200. The van der Waals surface area contributed by atoms with Gasteiger partial charge in [0.05, 0.1) is 5.56 Å². The number of carbonyl (C=O) groups is 2. The van der Waals surface area contributed by atoms with Crippen molar-refractivity contribution in [2.45, 2.75) is 13.8 Å². The first-order valence-electron chi connectivity index (χ1n) is 6.35. The van der Waals surface area contributed by atoms with Crippen molar-refractivity contribution in [1.82, 2.24) is 0 Å². The number of hydrogen-bond acceptors (Lipinski definition) is 4. The molecule has 0 saturated heterocycles. The van der Waals surface area contributed by atoms with Gasteiger partial charge in [-0.3, -0.25) is 9.59 Å². The van der Waals surface area contributed by atoms with Gasteiger partial charge in [-0.1, -0.05) is 17.7 Å². The molecule has 5 nitrogen and oxygen atoms in total. The summed E-state index contributed by atoms with van der Waals surface area (Å²) in [5, 5.41) is 3.10. The number of nitrogens with two attached hydrogens (primary N) is 1. The Labute approximate surface area is 126 Å². The molecule has 1 heterocycles. The first kappa shape index (κ1) is 15.1. The van der Waals surface area contributed by atoms with Crippen molar-refractivity contribution in [3.63, 3.8) is 0 Å². The molecule has 1 aromatic heterocycles. The summed E-state index contributed by atoms with van der Waals surface area (Å²) < 4.78 is 5.38. The van der Waals surface area contributed by atoms with Gasteiger partial charge in [0.25, 0.3) is 11.8 Å². The molecule has 0 bridgehead atoms. The number of benzene rings is 1. The van der Waals surface area contributed by atoms with E-state index in [1.54, 1.807) is 18.2 Å². The number of anilines is 1. The SMILES string of the molecule is Cc1ccc(OCC(=O)Nc2sc(C)cc2C(N)=O)cc1. The van der Waals surface area contributed by atoms with E-state index < -0.39 is 5.91 Å². The Morgan fingerprint density at radius 3 is 2.52 bits per heavy atom. The van der Waals surface area contributed by atoms with Crippen molar-refractivity contribution in [3.05, 3.63) is 46.3 Å². The third-order valence-electron chi connectivity index (χ3n) is 2.76. The maximum absolute atomic E-state index is 11.9. The molecule has 6 heteroatoms. The molecule has 0 fully saturated rings. The highest BCUT2D eigenvalue weighted by Gasteiger charge is 2.14. The van der Waals surface area contributed by atoms with Crippen LogP contribution in [0.3, 0.4) is 0 Å². The van der Waals surface area contributed by atoms with Gasteiger partial charge < -0.3 is 15.8 Å². The lowest BCUT2D eigenvalue weighted by Gasteiger charge is -2.07. The molecule has 0 aliphatic rings. The zero-order chi connectivity index (χ0) is 15.4. The molecule has 3 N–H and O–H groups in total. The Kier molecular flexibility index (Phi) is 4.59. The second kappa shape index (κ2) is 6.41. The molecular formula is C15H16N2O3S. The van der Waals surface area contributed by atoms with Crippen LogP contribution >= 0.6 is 11.3 Å². The van der Waals surface area contributed by atoms with Crippen molar-refractivity contribution in [1.29, 1.82) is 0 Å². The molecule has 21 heavy (non-hydrogen) atoms. The molecule has 0 spiro atoms. The zero-order valence-corrected chi connectivity index (χ0v) is 12.6. The van der Waals surface area contributed by atoms with Gasteiger partial charge in [0.15, 0.2) is 6.61 Å². The maximum atomic E-state index is 11.9. The second-order valence-corrected chi connectivity index (χ2v) is 5.87. The van der Waals surface area contributed by atoms with Crippen molar-refractivity contribution in [2.24, 2.45) is 5.73 Å². The van der Waals surface area contributed by atoms with Gasteiger partial charge in [0.1, 0.15) is 10.8 Å². The van der Waals surface area contributed by atoms with Crippen LogP contribution in [0.2, 0.25) is 0 Å². The Morgan fingerprint density at radius 1 is 1.24 bits per heavy atom. The van der Waals surface area contributed by atoms with Crippen LogP contribution in [0.4, 0.5) is 5.00 Å². The van der Waals surface area contributed by atoms with E-state index in [2.05, 4.69) is 5.32 Å². The molecule has 0 aliphatic carbocycles. The number of carbonyl (C=O) groups excluding carboxylic acids is 2. The number of rotatable bonds is 5. The van der Waals surface area contributed by atoms with Crippen LogP contribution in [0.25, 0.3) is 0 Å². The molecule has 0 radical (unpaired) electrons. The second-order valence-electron chi connectivity index (χ2n) is 4.61. The molecule has 110 valence electrons. The summed E-state index contributed by atoms with van der Waals surface area (Å²) in [6.45, 7) is 3.69. The van der Waals surface area contributed by atoms with E-state index in [1.807, 2.05) is 26.0 Å². The first-order valence-corrected chi connectivity index (χ1v) is 7.17. The zero-order valence-electron chi connectivity index (χ0n) is 11.8. The number of primary amides is 1. The Bertz CT molecular complexity index is 662. The molecule has 1 aromatic carbocycles. The van der Waals surface area contributed by atoms with Crippen molar-refractivity contribution < 1.29 is 14.3 Å². The number of hydrogen-bond donors (Lipinski definition) is 2. The van der Waals surface area contributed by atoms with Crippen LogP contribution in [0.1, 0.15) is 20.8 Å². The van der Waals surface area contributed by atoms with Crippen LogP contribution in [0.5, 0.6) is 5.75 Å². The van der Waals surface area contributed by atoms with Crippen LogP contribution in [-0.4, -0.2) is 18.4 Å². The summed E-state index contributed by atoms with van der Waals surface area (Å²) >= 11 is 1.31. The highest BCUT2D eigenvalue weighted by atomic mass is 32.1. The average molecular weight is 304 g/mol. The highest BCUT2D eigenvalue weighted by molar-refractivity contribution is 7.16. The largest absolute Gasteiger partial charge is 0.484 e. The van der Waals surface area contributed by atoms with E-state index in [0.29, 0.717) is 16.3 Å². The van der Waals surface area contributed by atoms with Gasteiger partial charge in [-0.05, 0) is 32.0 Å². The Morgan fingerprint density at radius 2 is 1.90 bits per heavy atom. The summed E-state index contributed by atoms with van der Waals surface area (Å²) in [5.74, 6) is -0.276. The van der Waals surface area contributed by atoms with Gasteiger partial charge in [-0.2, -0.15) is 0 Å². The van der Waals surface area contributed by atoms with E-state index in [-0.39, 0.29) is 12.5 Å². The standard InChI is InChI=1S/C15H16N2O3S/c1-9-3-5-11(6-4-9)20-8-13(18)17-15-12(14(16)19)7-10(2)21-15/h3-7H,8H2,1-2H3,(H2,16,19)(H,17,18). The summed E-state index contributed by atoms with van der Waals surface area (Å²) in [7, 11) is 0. The summed E-state index contributed by atoms with van der Waals surface area (Å²) in [6.07, 6.45) is 0. The summed E-state index contributed by atoms with van der Waals surface area (Å²) in [5.41, 5.74) is 6.71. The average Bonchev–Trinajstić information content (AvgIpc) is 2.79. The smallest absolute Gasteiger partial charge is 0.262 e. The number of thiophene rings is 1. The van der Waals surface area contributed by atoms with Crippen LogP contribution in [-0.2, 0) is 4.79 Å². The Balaban J connectivity index is 1.96. The van der Waals surface area contributed by atoms with Crippen molar-refractivity contribution in [3.8, 4) is 5.75 Å². The number of nitrogens with one attached hydrogen (secondary N) is 1. The number of amides is 2. The highest BCUT2D eigenvalue weighted by Crippen LogP contribution is 2.27. The molecule has 0 atom stereocenters.